The van der Waals surface area contributed by atoms with Gasteiger partial charge in [-0.3, -0.25) is 0 Å². The van der Waals surface area contributed by atoms with Gasteiger partial charge >= 0.3 is 0 Å². The van der Waals surface area contributed by atoms with E-state index in [-0.39, 0.29) is 10.9 Å². The zero-order chi connectivity index (χ0) is 11.7. The minimum atomic E-state index is -3.55. The Morgan fingerprint density at radius 3 is 2.60 bits per heavy atom. The summed E-state index contributed by atoms with van der Waals surface area (Å²) in [6.45, 7) is 3.12. The Kier molecular flexibility index (Phi) is 3.73. The molecule has 7 heteroatoms. The zero-order valence-electron chi connectivity index (χ0n) is 8.24. The maximum atomic E-state index is 12.1. The van der Waals surface area contributed by atoms with Crippen LogP contribution in [0.3, 0.4) is 0 Å². The molecule has 0 aliphatic rings. The normalized spacial score (nSPS) is 12.8. The van der Waals surface area contributed by atoms with Crippen molar-refractivity contribution in [2.45, 2.75) is 23.6 Å². The first-order valence-corrected chi connectivity index (χ1v) is 6.90. The van der Waals surface area contributed by atoms with Crippen molar-refractivity contribution < 1.29 is 8.42 Å². The third-order valence-electron chi connectivity index (χ3n) is 1.94. The summed E-state index contributed by atoms with van der Waals surface area (Å²) in [7, 11) is -3.55. The van der Waals surface area contributed by atoms with Crippen LogP contribution in [0.2, 0.25) is 0 Å². The van der Waals surface area contributed by atoms with Crippen LogP contribution in [0.1, 0.15) is 13.8 Å². The molecule has 4 nitrogen and oxygen atoms in total. The standard InChI is InChI=1S/C8H10BrClN2O2S/c1-8(2,4-10)15(13,14)7-6(9)3-11-5-12-7/h3,5H,4H2,1-2H3. The molecule has 1 aromatic rings. The quantitative estimate of drug-likeness (QED) is 0.633. The van der Waals surface area contributed by atoms with Gasteiger partial charge < -0.3 is 0 Å². The molecular weight excluding hydrogens is 304 g/mol. The highest BCUT2D eigenvalue weighted by Gasteiger charge is 2.37. The summed E-state index contributed by atoms with van der Waals surface area (Å²) < 4.78 is 23.5. The van der Waals surface area contributed by atoms with Crippen LogP contribution in [0.15, 0.2) is 22.0 Å². The average Bonchev–Trinajstić information content (AvgIpc) is 2.18. The Morgan fingerprint density at radius 1 is 1.53 bits per heavy atom. The van der Waals surface area contributed by atoms with E-state index in [0.717, 1.165) is 0 Å². The first-order chi connectivity index (χ1) is 6.83. The van der Waals surface area contributed by atoms with E-state index in [4.69, 9.17) is 11.6 Å². The second-order valence-corrected chi connectivity index (χ2v) is 7.19. The average molecular weight is 314 g/mol. The number of nitrogens with zero attached hydrogens (tertiary/aromatic N) is 2. The largest absolute Gasteiger partial charge is 0.244 e. The number of aromatic nitrogens is 2. The Labute approximate surface area is 102 Å². The van der Waals surface area contributed by atoms with Gasteiger partial charge in [-0.1, -0.05) is 0 Å². The maximum Gasteiger partial charge on any atom is 0.203 e. The van der Waals surface area contributed by atoms with Crippen molar-refractivity contribution in [1.29, 1.82) is 0 Å². The van der Waals surface area contributed by atoms with Gasteiger partial charge in [-0.25, -0.2) is 18.4 Å². The summed E-state index contributed by atoms with van der Waals surface area (Å²) in [4.78, 5) is 7.47. The Morgan fingerprint density at radius 2 is 2.13 bits per heavy atom. The topological polar surface area (TPSA) is 59.9 Å². The molecule has 0 saturated heterocycles. The monoisotopic (exact) mass is 312 g/mol. The predicted octanol–water partition coefficient (Wildman–Crippen LogP) is 2.03. The molecule has 84 valence electrons. The lowest BCUT2D eigenvalue weighted by atomic mass is 10.2. The Bertz CT molecular complexity index is 461. The van der Waals surface area contributed by atoms with Gasteiger partial charge in [0.1, 0.15) is 6.33 Å². The summed E-state index contributed by atoms with van der Waals surface area (Å²) >= 11 is 8.75. The summed E-state index contributed by atoms with van der Waals surface area (Å²) in [6, 6.07) is 0. The van der Waals surface area contributed by atoms with Gasteiger partial charge in [-0.15, -0.1) is 11.6 Å². The van der Waals surface area contributed by atoms with Crippen LogP contribution in [0.25, 0.3) is 0 Å². The van der Waals surface area contributed by atoms with Gasteiger partial charge in [-0.2, -0.15) is 0 Å². The molecule has 0 aliphatic heterocycles. The lowest BCUT2D eigenvalue weighted by molar-refractivity contribution is 0.556. The van der Waals surface area contributed by atoms with E-state index >= 15 is 0 Å². The third kappa shape index (κ3) is 2.32. The molecule has 0 aliphatic carbocycles. The summed E-state index contributed by atoms with van der Waals surface area (Å²) in [5.74, 6) is 0.00573. The number of rotatable bonds is 3. The van der Waals surface area contributed by atoms with E-state index in [2.05, 4.69) is 25.9 Å². The summed E-state index contributed by atoms with van der Waals surface area (Å²) in [6.07, 6.45) is 2.59. The highest BCUT2D eigenvalue weighted by molar-refractivity contribution is 9.10. The van der Waals surface area contributed by atoms with E-state index < -0.39 is 14.6 Å². The molecule has 0 bridgehead atoms. The van der Waals surface area contributed by atoms with E-state index in [1.165, 1.54) is 12.5 Å². The molecule has 0 unspecified atom stereocenters. The zero-order valence-corrected chi connectivity index (χ0v) is 11.4. The molecule has 0 saturated carbocycles. The van der Waals surface area contributed by atoms with E-state index in [0.29, 0.717) is 4.47 Å². The number of hydrogen-bond acceptors (Lipinski definition) is 4. The van der Waals surface area contributed by atoms with Crippen LogP contribution >= 0.6 is 27.5 Å². The highest BCUT2D eigenvalue weighted by Crippen LogP contribution is 2.29. The van der Waals surface area contributed by atoms with Gasteiger partial charge in [0.15, 0.2) is 5.03 Å². The molecule has 0 amide bonds. The second kappa shape index (κ2) is 4.35. The Hall–Kier alpha value is -0.200. The van der Waals surface area contributed by atoms with Crippen LogP contribution in [0.4, 0.5) is 0 Å². The molecule has 15 heavy (non-hydrogen) atoms. The number of alkyl halides is 1. The van der Waals surface area contributed by atoms with Gasteiger partial charge in [-0.05, 0) is 29.8 Å². The van der Waals surface area contributed by atoms with Crippen LogP contribution in [-0.4, -0.2) is 29.0 Å². The fourth-order valence-electron chi connectivity index (χ4n) is 0.833. The molecule has 0 aromatic carbocycles. The molecule has 1 aromatic heterocycles. The number of halogens is 2. The number of hydrogen-bond donors (Lipinski definition) is 0. The van der Waals surface area contributed by atoms with Crippen LogP contribution in [0, 0.1) is 0 Å². The number of sulfone groups is 1. The molecule has 1 rings (SSSR count). The lowest BCUT2D eigenvalue weighted by Gasteiger charge is -2.21. The minimum Gasteiger partial charge on any atom is -0.244 e. The van der Waals surface area contributed by atoms with Crippen LogP contribution in [-0.2, 0) is 9.84 Å². The highest BCUT2D eigenvalue weighted by atomic mass is 79.9. The fraction of sp³-hybridized carbons (Fsp3) is 0.500. The summed E-state index contributed by atoms with van der Waals surface area (Å²) in [5.41, 5.74) is 0. The summed E-state index contributed by atoms with van der Waals surface area (Å²) in [5, 5.41) is -0.0249. The van der Waals surface area contributed by atoms with E-state index in [1.807, 2.05) is 0 Å². The van der Waals surface area contributed by atoms with Gasteiger partial charge in [0.2, 0.25) is 9.84 Å². The fourth-order valence-corrected chi connectivity index (χ4v) is 3.29. The van der Waals surface area contributed by atoms with Crippen molar-refractivity contribution in [1.82, 2.24) is 9.97 Å². The van der Waals surface area contributed by atoms with Crippen LogP contribution < -0.4 is 0 Å². The molecule has 0 atom stereocenters. The van der Waals surface area contributed by atoms with Crippen molar-refractivity contribution in [3.05, 3.63) is 17.0 Å². The minimum absolute atomic E-state index is 0.00573. The van der Waals surface area contributed by atoms with Crippen LogP contribution in [0.5, 0.6) is 0 Å². The first-order valence-electron chi connectivity index (χ1n) is 4.09. The molecule has 0 spiro atoms. The smallest absolute Gasteiger partial charge is 0.203 e. The maximum absolute atomic E-state index is 12.1. The van der Waals surface area contributed by atoms with Crippen molar-refractivity contribution >= 4 is 37.4 Å². The van der Waals surface area contributed by atoms with Gasteiger partial charge in [0.05, 0.1) is 9.22 Å². The van der Waals surface area contributed by atoms with Crippen molar-refractivity contribution in [2.75, 3.05) is 5.88 Å². The molecule has 0 fully saturated rings. The van der Waals surface area contributed by atoms with E-state index in [1.54, 1.807) is 13.8 Å². The molecule has 1 heterocycles. The SMILES string of the molecule is CC(C)(CCl)S(=O)(=O)c1ncncc1Br. The van der Waals surface area contributed by atoms with E-state index in [9.17, 15) is 8.42 Å². The molecule has 0 N–H and O–H groups in total. The molecule has 0 radical (unpaired) electrons. The predicted molar refractivity (Wildman–Crippen MR) is 61.7 cm³/mol. The Balaban J connectivity index is 3.37. The first kappa shape index (κ1) is 12.9. The van der Waals surface area contributed by atoms with Crippen molar-refractivity contribution in [3.63, 3.8) is 0 Å². The van der Waals surface area contributed by atoms with Crippen molar-refractivity contribution in [3.8, 4) is 0 Å². The lowest BCUT2D eigenvalue weighted by Crippen LogP contribution is -2.34. The van der Waals surface area contributed by atoms with Gasteiger partial charge in [0, 0.05) is 12.1 Å². The van der Waals surface area contributed by atoms with Crippen molar-refractivity contribution in [2.24, 2.45) is 0 Å². The second-order valence-electron chi connectivity index (χ2n) is 3.57. The van der Waals surface area contributed by atoms with Gasteiger partial charge in [0.25, 0.3) is 0 Å². The molecular formula is C8H10BrClN2O2S. The third-order valence-corrected chi connectivity index (χ3v) is 6.04.